The highest BCUT2D eigenvalue weighted by Crippen LogP contribution is 2.38. The molecule has 3 rings (SSSR count). The maximum atomic E-state index is 12.4. The quantitative estimate of drug-likeness (QED) is 0.866. The van der Waals surface area contributed by atoms with Crippen molar-refractivity contribution in [3.63, 3.8) is 0 Å². The van der Waals surface area contributed by atoms with Gasteiger partial charge >= 0.3 is 0 Å². The van der Waals surface area contributed by atoms with Gasteiger partial charge in [0.25, 0.3) is 5.91 Å². The molecule has 0 saturated heterocycles. The monoisotopic (exact) mass is 345 g/mol. The van der Waals surface area contributed by atoms with Crippen molar-refractivity contribution in [2.45, 2.75) is 6.54 Å². The van der Waals surface area contributed by atoms with Gasteiger partial charge in [-0.25, -0.2) is 0 Å². The molecular weight excluding hydrogens is 326 g/mol. The van der Waals surface area contributed by atoms with Gasteiger partial charge in [-0.05, 0) is 35.9 Å². The second kappa shape index (κ2) is 7.21. The first kappa shape index (κ1) is 16.8. The van der Waals surface area contributed by atoms with Gasteiger partial charge in [0, 0.05) is 12.1 Å². The summed E-state index contributed by atoms with van der Waals surface area (Å²) < 4.78 is 26.4. The fourth-order valence-corrected chi connectivity index (χ4v) is 2.56. The second-order valence-corrected chi connectivity index (χ2v) is 5.28. The number of rotatable bonds is 6. The minimum Gasteiger partial charge on any atom is -0.493 e. The molecule has 7 heteroatoms. The molecule has 2 aromatic rings. The van der Waals surface area contributed by atoms with Gasteiger partial charge in [0.1, 0.15) is 0 Å². The Morgan fingerprint density at radius 2 is 1.68 bits per heavy atom. The first-order chi connectivity index (χ1) is 12.2. The van der Waals surface area contributed by atoms with Crippen LogP contribution in [0.5, 0.6) is 28.7 Å². The van der Waals surface area contributed by atoms with E-state index in [-0.39, 0.29) is 12.7 Å². The van der Waals surface area contributed by atoms with Crippen LogP contribution in [0.15, 0.2) is 30.3 Å². The van der Waals surface area contributed by atoms with E-state index in [4.69, 9.17) is 23.7 Å². The molecule has 132 valence electrons. The van der Waals surface area contributed by atoms with Crippen LogP contribution in [0.3, 0.4) is 0 Å². The first-order valence-corrected chi connectivity index (χ1v) is 7.63. The van der Waals surface area contributed by atoms with Crippen LogP contribution in [0, 0.1) is 0 Å². The van der Waals surface area contributed by atoms with Crippen molar-refractivity contribution in [2.75, 3.05) is 28.1 Å². The summed E-state index contributed by atoms with van der Waals surface area (Å²) in [6.07, 6.45) is 0. The van der Waals surface area contributed by atoms with Crippen LogP contribution >= 0.6 is 0 Å². The number of carbonyl (C=O) groups excluding carboxylic acids is 1. The van der Waals surface area contributed by atoms with Crippen molar-refractivity contribution in [2.24, 2.45) is 0 Å². The van der Waals surface area contributed by atoms with Crippen LogP contribution in [0.2, 0.25) is 0 Å². The number of ether oxygens (including phenoxy) is 5. The van der Waals surface area contributed by atoms with Crippen LogP contribution in [-0.2, 0) is 6.54 Å². The van der Waals surface area contributed by atoms with Gasteiger partial charge in [0.15, 0.2) is 23.0 Å². The van der Waals surface area contributed by atoms with Crippen molar-refractivity contribution in [3.05, 3.63) is 41.5 Å². The largest absolute Gasteiger partial charge is 0.493 e. The lowest BCUT2D eigenvalue weighted by Gasteiger charge is -2.14. The smallest absolute Gasteiger partial charge is 0.251 e. The predicted molar refractivity (Wildman–Crippen MR) is 89.8 cm³/mol. The molecule has 0 unspecified atom stereocenters. The summed E-state index contributed by atoms with van der Waals surface area (Å²) in [6, 6.07) is 8.66. The third-order valence-electron chi connectivity index (χ3n) is 3.81. The van der Waals surface area contributed by atoms with Crippen LogP contribution in [-0.4, -0.2) is 34.0 Å². The van der Waals surface area contributed by atoms with E-state index in [1.54, 1.807) is 51.7 Å². The Morgan fingerprint density at radius 1 is 1.00 bits per heavy atom. The third-order valence-corrected chi connectivity index (χ3v) is 3.81. The predicted octanol–water partition coefficient (Wildman–Crippen LogP) is 2.37. The average molecular weight is 345 g/mol. The van der Waals surface area contributed by atoms with E-state index in [9.17, 15) is 4.79 Å². The molecule has 25 heavy (non-hydrogen) atoms. The standard InChI is InChI=1S/C18H19NO6/c1-21-15-6-11(7-16(22-2)17(15)23-3)9-19-18(20)12-4-5-13-14(8-12)25-10-24-13/h4-8H,9-10H2,1-3H3,(H,19,20). The summed E-state index contributed by atoms with van der Waals surface area (Å²) in [7, 11) is 4.64. The molecule has 0 fully saturated rings. The van der Waals surface area contributed by atoms with Crippen LogP contribution in [0.4, 0.5) is 0 Å². The Bertz CT molecular complexity index is 764. The minimum atomic E-state index is -0.216. The summed E-state index contributed by atoms with van der Waals surface area (Å²) >= 11 is 0. The van der Waals surface area contributed by atoms with Crippen LogP contribution in [0.25, 0.3) is 0 Å². The molecule has 0 aromatic heterocycles. The highest BCUT2D eigenvalue weighted by atomic mass is 16.7. The number of hydrogen-bond donors (Lipinski definition) is 1. The Morgan fingerprint density at radius 3 is 2.32 bits per heavy atom. The molecule has 0 radical (unpaired) electrons. The summed E-state index contributed by atoms with van der Waals surface area (Å²) in [4.78, 5) is 12.4. The fraction of sp³-hybridized carbons (Fsp3) is 0.278. The van der Waals surface area contributed by atoms with Crippen molar-refractivity contribution in [1.29, 1.82) is 0 Å². The van der Waals surface area contributed by atoms with E-state index in [0.29, 0.717) is 40.9 Å². The van der Waals surface area contributed by atoms with Crippen molar-refractivity contribution in [3.8, 4) is 28.7 Å². The van der Waals surface area contributed by atoms with Gasteiger partial charge in [-0.15, -0.1) is 0 Å². The molecule has 0 bridgehead atoms. The second-order valence-electron chi connectivity index (χ2n) is 5.28. The number of fused-ring (bicyclic) bond motifs is 1. The van der Waals surface area contributed by atoms with Gasteiger partial charge in [-0.1, -0.05) is 0 Å². The summed E-state index contributed by atoms with van der Waals surface area (Å²) in [6.45, 7) is 0.482. The maximum Gasteiger partial charge on any atom is 0.251 e. The number of nitrogens with one attached hydrogen (secondary N) is 1. The molecule has 0 aliphatic carbocycles. The lowest BCUT2D eigenvalue weighted by molar-refractivity contribution is 0.0950. The minimum absolute atomic E-state index is 0.172. The molecule has 1 amide bonds. The zero-order valence-corrected chi connectivity index (χ0v) is 14.3. The zero-order chi connectivity index (χ0) is 17.8. The maximum absolute atomic E-state index is 12.4. The number of carbonyl (C=O) groups is 1. The first-order valence-electron chi connectivity index (χ1n) is 7.63. The Balaban J connectivity index is 1.73. The molecule has 1 heterocycles. The zero-order valence-electron chi connectivity index (χ0n) is 14.3. The molecule has 1 aliphatic rings. The van der Waals surface area contributed by atoms with Crippen molar-refractivity contribution in [1.82, 2.24) is 5.32 Å². The molecule has 2 aromatic carbocycles. The molecular formula is C18H19NO6. The molecule has 0 saturated carbocycles. The summed E-state index contributed by atoms with van der Waals surface area (Å²) in [5.41, 5.74) is 1.32. The third kappa shape index (κ3) is 3.40. The van der Waals surface area contributed by atoms with E-state index in [1.807, 2.05) is 0 Å². The van der Waals surface area contributed by atoms with E-state index >= 15 is 0 Å². The average Bonchev–Trinajstić information content (AvgIpc) is 3.12. The van der Waals surface area contributed by atoms with Crippen molar-refractivity contribution < 1.29 is 28.5 Å². The molecule has 1 N–H and O–H groups in total. The summed E-state index contributed by atoms with van der Waals surface area (Å²) in [5, 5.41) is 2.86. The van der Waals surface area contributed by atoms with Gasteiger partial charge in [0.2, 0.25) is 12.5 Å². The Hall–Kier alpha value is -3.09. The van der Waals surface area contributed by atoms with Crippen molar-refractivity contribution >= 4 is 5.91 Å². The fourth-order valence-electron chi connectivity index (χ4n) is 2.56. The Labute approximate surface area is 145 Å². The van der Waals surface area contributed by atoms with Crippen LogP contribution in [0.1, 0.15) is 15.9 Å². The van der Waals surface area contributed by atoms with E-state index < -0.39 is 0 Å². The molecule has 0 atom stereocenters. The topological polar surface area (TPSA) is 75.3 Å². The highest BCUT2D eigenvalue weighted by Gasteiger charge is 2.17. The van der Waals surface area contributed by atoms with Gasteiger partial charge in [-0.2, -0.15) is 0 Å². The number of methoxy groups -OCH3 is 3. The lowest BCUT2D eigenvalue weighted by atomic mass is 10.1. The molecule has 7 nitrogen and oxygen atoms in total. The number of hydrogen-bond acceptors (Lipinski definition) is 6. The SMILES string of the molecule is COc1cc(CNC(=O)c2ccc3c(c2)OCO3)cc(OC)c1OC. The lowest BCUT2D eigenvalue weighted by Crippen LogP contribution is -2.22. The van der Waals surface area contributed by atoms with Gasteiger partial charge in [-0.3, -0.25) is 4.79 Å². The van der Waals surface area contributed by atoms with E-state index in [0.717, 1.165) is 5.56 Å². The summed E-state index contributed by atoms with van der Waals surface area (Å²) in [5.74, 6) is 2.58. The normalized spacial score (nSPS) is 11.8. The molecule has 1 aliphatic heterocycles. The van der Waals surface area contributed by atoms with E-state index in [1.165, 1.54) is 0 Å². The molecule has 0 spiro atoms. The highest BCUT2D eigenvalue weighted by molar-refractivity contribution is 5.94. The van der Waals surface area contributed by atoms with Gasteiger partial charge in [0.05, 0.1) is 21.3 Å². The van der Waals surface area contributed by atoms with Crippen LogP contribution < -0.4 is 29.0 Å². The van der Waals surface area contributed by atoms with Gasteiger partial charge < -0.3 is 29.0 Å². The number of benzene rings is 2. The Kier molecular flexibility index (Phi) is 4.83. The number of amides is 1. The van der Waals surface area contributed by atoms with E-state index in [2.05, 4.69) is 5.32 Å².